The fourth-order valence-electron chi connectivity index (χ4n) is 2.18. The van der Waals surface area contributed by atoms with Gasteiger partial charge in [0.15, 0.2) is 0 Å². The third-order valence-electron chi connectivity index (χ3n) is 3.14. The number of rotatable bonds is 2. The van der Waals surface area contributed by atoms with Crippen molar-refractivity contribution in [2.75, 3.05) is 0 Å². The zero-order valence-electron chi connectivity index (χ0n) is 10.4. The van der Waals surface area contributed by atoms with E-state index < -0.39 is 9.84 Å². The van der Waals surface area contributed by atoms with Gasteiger partial charge in [-0.25, -0.2) is 8.42 Å². The highest BCUT2D eigenvalue weighted by atomic mass is 32.2. The predicted molar refractivity (Wildman–Crippen MR) is 74.9 cm³/mol. The zero-order valence-corrected chi connectivity index (χ0v) is 11.2. The molecule has 0 bridgehead atoms. The van der Waals surface area contributed by atoms with Gasteiger partial charge in [0.05, 0.1) is 9.79 Å². The first-order chi connectivity index (χ1) is 9.09. The molecule has 0 aliphatic carbocycles. The molecular formula is C15H13NO2S. The van der Waals surface area contributed by atoms with Gasteiger partial charge in [-0.05, 0) is 30.7 Å². The maximum atomic E-state index is 12.6. The van der Waals surface area contributed by atoms with Gasteiger partial charge in [0.1, 0.15) is 0 Å². The average molecular weight is 271 g/mol. The van der Waals surface area contributed by atoms with Gasteiger partial charge in [-0.3, -0.25) is 0 Å². The molecule has 2 aromatic carbocycles. The third kappa shape index (κ3) is 1.94. The standard InChI is InChI=1S/C15H13NO2S/c1-11-5-4-6-12(9-11)19(17,18)15-10-16-14-8-3-2-7-13(14)15/h2-10,16H,1H3. The molecule has 0 radical (unpaired) electrons. The van der Waals surface area contributed by atoms with Crippen molar-refractivity contribution in [3.05, 3.63) is 60.3 Å². The molecule has 0 saturated carbocycles. The molecule has 0 unspecified atom stereocenters. The molecule has 3 rings (SSSR count). The van der Waals surface area contributed by atoms with E-state index in [1.807, 2.05) is 37.3 Å². The smallest absolute Gasteiger partial charge is 0.208 e. The second kappa shape index (κ2) is 4.24. The summed E-state index contributed by atoms with van der Waals surface area (Å²) >= 11 is 0. The van der Waals surface area contributed by atoms with Crippen LogP contribution in [0.3, 0.4) is 0 Å². The van der Waals surface area contributed by atoms with E-state index >= 15 is 0 Å². The number of nitrogens with one attached hydrogen (secondary N) is 1. The van der Waals surface area contributed by atoms with Crippen molar-refractivity contribution in [2.45, 2.75) is 16.7 Å². The van der Waals surface area contributed by atoms with Gasteiger partial charge in [0, 0.05) is 17.1 Å². The molecule has 0 aliphatic rings. The summed E-state index contributed by atoms with van der Waals surface area (Å²) in [5.74, 6) is 0. The summed E-state index contributed by atoms with van der Waals surface area (Å²) in [7, 11) is -3.48. The van der Waals surface area contributed by atoms with Crippen molar-refractivity contribution in [3.8, 4) is 0 Å². The van der Waals surface area contributed by atoms with Crippen molar-refractivity contribution in [3.63, 3.8) is 0 Å². The van der Waals surface area contributed by atoms with Gasteiger partial charge >= 0.3 is 0 Å². The molecule has 0 atom stereocenters. The van der Waals surface area contributed by atoms with E-state index in [-0.39, 0.29) is 0 Å². The topological polar surface area (TPSA) is 49.9 Å². The Labute approximate surface area is 111 Å². The molecular weight excluding hydrogens is 258 g/mol. The van der Waals surface area contributed by atoms with Crippen molar-refractivity contribution < 1.29 is 8.42 Å². The van der Waals surface area contributed by atoms with E-state index in [4.69, 9.17) is 0 Å². The maximum Gasteiger partial charge on any atom is 0.208 e. The van der Waals surface area contributed by atoms with Gasteiger partial charge in [-0.15, -0.1) is 0 Å². The normalized spacial score (nSPS) is 11.8. The number of hydrogen-bond donors (Lipinski definition) is 1. The number of aromatic nitrogens is 1. The number of sulfone groups is 1. The number of benzene rings is 2. The number of H-pyrrole nitrogens is 1. The lowest BCUT2D eigenvalue weighted by atomic mass is 10.2. The Hall–Kier alpha value is -2.07. The average Bonchev–Trinajstić information content (AvgIpc) is 2.83. The number of fused-ring (bicyclic) bond motifs is 1. The maximum absolute atomic E-state index is 12.6. The van der Waals surface area contributed by atoms with Crippen LogP contribution in [0.1, 0.15) is 5.56 Å². The van der Waals surface area contributed by atoms with Gasteiger partial charge in [0.25, 0.3) is 0 Å². The molecule has 3 nitrogen and oxygen atoms in total. The first kappa shape index (κ1) is 12.0. The molecule has 96 valence electrons. The summed E-state index contributed by atoms with van der Waals surface area (Å²) in [6, 6.07) is 14.4. The van der Waals surface area contributed by atoms with Gasteiger partial charge < -0.3 is 4.98 Å². The van der Waals surface area contributed by atoms with Crippen molar-refractivity contribution in [1.29, 1.82) is 0 Å². The highest BCUT2D eigenvalue weighted by Crippen LogP contribution is 2.28. The zero-order chi connectivity index (χ0) is 13.5. The van der Waals surface area contributed by atoms with Crippen molar-refractivity contribution in [2.24, 2.45) is 0 Å². The SMILES string of the molecule is Cc1cccc(S(=O)(=O)c2c[nH]c3ccccc23)c1. The summed E-state index contributed by atoms with van der Waals surface area (Å²) < 4.78 is 25.3. The van der Waals surface area contributed by atoms with Crippen LogP contribution in [0.2, 0.25) is 0 Å². The van der Waals surface area contributed by atoms with Crippen LogP contribution in [0, 0.1) is 6.92 Å². The molecule has 3 aromatic rings. The minimum Gasteiger partial charge on any atom is -0.360 e. The van der Waals surface area contributed by atoms with Crippen LogP contribution in [-0.4, -0.2) is 13.4 Å². The molecule has 0 amide bonds. The minimum absolute atomic E-state index is 0.328. The Morgan fingerprint density at radius 3 is 2.58 bits per heavy atom. The molecule has 0 saturated heterocycles. The molecule has 0 fully saturated rings. The van der Waals surface area contributed by atoms with E-state index in [1.165, 1.54) is 0 Å². The fourth-order valence-corrected chi connectivity index (χ4v) is 3.71. The molecule has 0 spiro atoms. The molecule has 19 heavy (non-hydrogen) atoms. The lowest BCUT2D eigenvalue weighted by Crippen LogP contribution is -2.01. The Morgan fingerprint density at radius 1 is 1.00 bits per heavy atom. The van der Waals surface area contributed by atoms with Crippen molar-refractivity contribution >= 4 is 20.7 Å². The van der Waals surface area contributed by atoms with Crippen LogP contribution in [0.4, 0.5) is 0 Å². The summed E-state index contributed by atoms with van der Waals surface area (Å²) in [6.07, 6.45) is 1.56. The summed E-state index contributed by atoms with van der Waals surface area (Å²) in [5.41, 5.74) is 1.76. The summed E-state index contributed by atoms with van der Waals surface area (Å²) in [4.78, 5) is 3.66. The number of aromatic amines is 1. The largest absolute Gasteiger partial charge is 0.360 e. The predicted octanol–water partition coefficient (Wildman–Crippen LogP) is 3.31. The number of para-hydroxylation sites is 1. The van der Waals surface area contributed by atoms with Crippen LogP contribution in [-0.2, 0) is 9.84 Å². The van der Waals surface area contributed by atoms with Crippen LogP contribution >= 0.6 is 0 Å². The molecule has 4 heteroatoms. The second-order valence-corrected chi connectivity index (χ2v) is 6.44. The van der Waals surface area contributed by atoms with E-state index in [0.29, 0.717) is 9.79 Å². The fraction of sp³-hybridized carbons (Fsp3) is 0.0667. The van der Waals surface area contributed by atoms with E-state index in [0.717, 1.165) is 16.5 Å². The molecule has 1 N–H and O–H groups in total. The van der Waals surface area contributed by atoms with Gasteiger partial charge in [0.2, 0.25) is 9.84 Å². The summed E-state index contributed by atoms with van der Waals surface area (Å²) in [6.45, 7) is 1.88. The van der Waals surface area contributed by atoms with Crippen LogP contribution in [0.25, 0.3) is 10.9 Å². The van der Waals surface area contributed by atoms with Crippen LogP contribution < -0.4 is 0 Å². The van der Waals surface area contributed by atoms with E-state index in [2.05, 4.69) is 4.98 Å². The van der Waals surface area contributed by atoms with Crippen LogP contribution in [0.15, 0.2) is 64.5 Å². The Morgan fingerprint density at radius 2 is 1.79 bits per heavy atom. The first-order valence-electron chi connectivity index (χ1n) is 5.97. The van der Waals surface area contributed by atoms with E-state index in [9.17, 15) is 8.42 Å². The first-order valence-corrected chi connectivity index (χ1v) is 7.45. The molecule has 1 heterocycles. The highest BCUT2D eigenvalue weighted by molar-refractivity contribution is 7.91. The Bertz CT molecular complexity index is 847. The highest BCUT2D eigenvalue weighted by Gasteiger charge is 2.21. The third-order valence-corrected chi connectivity index (χ3v) is 4.93. The van der Waals surface area contributed by atoms with Crippen LogP contribution in [0.5, 0.6) is 0 Å². The second-order valence-electron chi connectivity index (χ2n) is 4.52. The Kier molecular flexibility index (Phi) is 2.68. The number of hydrogen-bond acceptors (Lipinski definition) is 2. The lowest BCUT2D eigenvalue weighted by molar-refractivity contribution is 0.597. The Balaban J connectivity index is 2.26. The van der Waals surface area contributed by atoms with E-state index in [1.54, 1.807) is 24.4 Å². The molecule has 0 aliphatic heterocycles. The number of aryl methyl sites for hydroxylation is 1. The minimum atomic E-state index is -3.48. The quantitative estimate of drug-likeness (QED) is 0.777. The summed E-state index contributed by atoms with van der Waals surface area (Å²) in [5, 5.41) is 0.726. The lowest BCUT2D eigenvalue weighted by Gasteiger charge is -2.04. The monoisotopic (exact) mass is 271 g/mol. The van der Waals surface area contributed by atoms with Gasteiger partial charge in [-0.2, -0.15) is 0 Å². The molecule has 1 aromatic heterocycles. The van der Waals surface area contributed by atoms with Gasteiger partial charge in [-0.1, -0.05) is 30.3 Å². The van der Waals surface area contributed by atoms with Crippen molar-refractivity contribution in [1.82, 2.24) is 4.98 Å².